The van der Waals surface area contributed by atoms with Gasteiger partial charge in [-0.1, -0.05) is 12.1 Å². The van der Waals surface area contributed by atoms with Crippen molar-refractivity contribution in [2.24, 2.45) is 5.73 Å². The van der Waals surface area contributed by atoms with E-state index >= 15 is 0 Å². The summed E-state index contributed by atoms with van der Waals surface area (Å²) in [7, 11) is 0. The molecule has 0 aromatic heterocycles. The first-order valence-electron chi connectivity index (χ1n) is 7.46. The zero-order valence-corrected chi connectivity index (χ0v) is 13.7. The average molecular weight is 307 g/mol. The summed E-state index contributed by atoms with van der Waals surface area (Å²) in [6, 6.07) is 8.17. The molecule has 5 heteroatoms. The van der Waals surface area contributed by atoms with E-state index in [2.05, 4.69) is 36.1 Å². The Morgan fingerprint density at radius 2 is 2.05 bits per heavy atom. The molecule has 1 aromatic rings. The van der Waals surface area contributed by atoms with Crippen LogP contribution in [0.3, 0.4) is 0 Å². The molecule has 1 saturated heterocycles. The van der Waals surface area contributed by atoms with Crippen LogP contribution in [0.1, 0.15) is 12.0 Å². The van der Waals surface area contributed by atoms with Crippen LogP contribution in [0, 0.1) is 6.92 Å². The lowest BCUT2D eigenvalue weighted by atomic mass is 10.1. The second kappa shape index (κ2) is 7.71. The number of carbonyl (C=O) groups is 1. The molecule has 1 aromatic carbocycles. The lowest BCUT2D eigenvalue weighted by molar-refractivity contribution is -0.132. The van der Waals surface area contributed by atoms with Gasteiger partial charge in [0.1, 0.15) is 0 Å². The first-order chi connectivity index (χ1) is 10.1. The summed E-state index contributed by atoms with van der Waals surface area (Å²) in [5, 5.41) is 0. The zero-order valence-electron chi connectivity index (χ0n) is 12.9. The van der Waals surface area contributed by atoms with Gasteiger partial charge in [-0.05, 0) is 43.0 Å². The van der Waals surface area contributed by atoms with Gasteiger partial charge in [0, 0.05) is 31.9 Å². The number of thioether (sulfide) groups is 1. The van der Waals surface area contributed by atoms with Crippen molar-refractivity contribution >= 4 is 23.4 Å². The van der Waals surface area contributed by atoms with Gasteiger partial charge in [-0.25, -0.2) is 0 Å². The molecule has 0 radical (unpaired) electrons. The number of carbonyl (C=O) groups excluding carboxylic acids is 1. The Morgan fingerprint density at radius 1 is 1.33 bits per heavy atom. The quantitative estimate of drug-likeness (QED) is 0.900. The molecule has 1 heterocycles. The highest BCUT2D eigenvalue weighted by molar-refractivity contribution is 7.98. The van der Waals surface area contributed by atoms with Gasteiger partial charge in [-0.3, -0.25) is 4.79 Å². The van der Waals surface area contributed by atoms with E-state index in [1.54, 1.807) is 11.8 Å². The van der Waals surface area contributed by atoms with Crippen LogP contribution < -0.4 is 10.6 Å². The third kappa shape index (κ3) is 4.38. The highest BCUT2D eigenvalue weighted by Gasteiger charge is 2.25. The summed E-state index contributed by atoms with van der Waals surface area (Å²) in [4.78, 5) is 16.5. The number of rotatable bonds is 5. The fourth-order valence-electron chi connectivity index (χ4n) is 2.61. The largest absolute Gasteiger partial charge is 0.368 e. The molecule has 2 rings (SSSR count). The van der Waals surface area contributed by atoms with Gasteiger partial charge < -0.3 is 15.5 Å². The van der Waals surface area contributed by atoms with E-state index in [0.717, 1.165) is 38.4 Å². The van der Waals surface area contributed by atoms with Crippen LogP contribution in [-0.4, -0.2) is 55.0 Å². The van der Waals surface area contributed by atoms with Crippen LogP contribution in [0.4, 0.5) is 5.69 Å². The van der Waals surface area contributed by atoms with E-state index in [1.165, 1.54) is 11.3 Å². The molecule has 1 aliphatic heterocycles. The van der Waals surface area contributed by atoms with Crippen molar-refractivity contribution in [1.29, 1.82) is 0 Å². The predicted molar refractivity (Wildman–Crippen MR) is 90.9 cm³/mol. The van der Waals surface area contributed by atoms with Crippen molar-refractivity contribution in [3.63, 3.8) is 0 Å². The Labute approximate surface area is 131 Å². The Hall–Kier alpha value is -1.20. The Morgan fingerprint density at radius 3 is 2.67 bits per heavy atom. The third-order valence-corrected chi connectivity index (χ3v) is 4.55. The molecule has 1 atom stereocenters. The number of piperazine rings is 1. The molecule has 21 heavy (non-hydrogen) atoms. The second-order valence-corrected chi connectivity index (χ2v) is 6.52. The van der Waals surface area contributed by atoms with Gasteiger partial charge in [0.15, 0.2) is 0 Å². The lowest BCUT2D eigenvalue weighted by Crippen LogP contribution is -2.53. The number of nitrogens with two attached hydrogens (primary N) is 1. The van der Waals surface area contributed by atoms with E-state index in [1.807, 2.05) is 11.2 Å². The van der Waals surface area contributed by atoms with Gasteiger partial charge in [0.2, 0.25) is 5.91 Å². The average Bonchev–Trinajstić information content (AvgIpc) is 2.52. The summed E-state index contributed by atoms with van der Waals surface area (Å²) >= 11 is 1.73. The lowest BCUT2D eigenvalue weighted by Gasteiger charge is -2.37. The molecule has 4 nitrogen and oxygen atoms in total. The van der Waals surface area contributed by atoms with E-state index in [-0.39, 0.29) is 11.9 Å². The molecule has 1 aliphatic rings. The summed E-state index contributed by atoms with van der Waals surface area (Å²) in [6.45, 7) is 5.39. The topological polar surface area (TPSA) is 49.6 Å². The standard InChI is InChI=1S/C16H25N3OS/c1-13-4-3-5-14(12-13)18-7-9-19(10-8-18)16(20)15(17)6-11-21-2/h3-5,12,15H,6-11,17H2,1-2H3/t15-/m0/s1. The van der Waals surface area contributed by atoms with E-state index in [4.69, 9.17) is 5.73 Å². The first kappa shape index (κ1) is 16.2. The highest BCUT2D eigenvalue weighted by atomic mass is 32.2. The fraction of sp³-hybridized carbons (Fsp3) is 0.562. The number of hydrogen-bond donors (Lipinski definition) is 1. The van der Waals surface area contributed by atoms with Crippen LogP contribution in [0.25, 0.3) is 0 Å². The van der Waals surface area contributed by atoms with Gasteiger partial charge in [0.05, 0.1) is 6.04 Å². The Balaban J connectivity index is 1.87. The van der Waals surface area contributed by atoms with E-state index < -0.39 is 0 Å². The smallest absolute Gasteiger partial charge is 0.239 e. The van der Waals surface area contributed by atoms with Crippen molar-refractivity contribution in [2.45, 2.75) is 19.4 Å². The molecular weight excluding hydrogens is 282 g/mol. The number of benzene rings is 1. The zero-order chi connectivity index (χ0) is 15.2. The summed E-state index contributed by atoms with van der Waals surface area (Å²) in [6.07, 6.45) is 2.80. The number of aryl methyl sites for hydroxylation is 1. The number of nitrogens with zero attached hydrogens (tertiary/aromatic N) is 2. The van der Waals surface area contributed by atoms with Crippen LogP contribution in [0.15, 0.2) is 24.3 Å². The van der Waals surface area contributed by atoms with Crippen molar-refractivity contribution in [3.8, 4) is 0 Å². The monoisotopic (exact) mass is 307 g/mol. The van der Waals surface area contributed by atoms with Gasteiger partial charge in [0.25, 0.3) is 0 Å². The Kier molecular flexibility index (Phi) is 5.94. The molecule has 0 saturated carbocycles. The molecule has 0 aliphatic carbocycles. The first-order valence-corrected chi connectivity index (χ1v) is 8.86. The van der Waals surface area contributed by atoms with Crippen LogP contribution in [-0.2, 0) is 4.79 Å². The van der Waals surface area contributed by atoms with E-state index in [0.29, 0.717) is 0 Å². The summed E-state index contributed by atoms with van der Waals surface area (Å²) < 4.78 is 0. The van der Waals surface area contributed by atoms with Crippen molar-refractivity contribution in [1.82, 2.24) is 4.90 Å². The molecule has 1 fully saturated rings. The van der Waals surface area contributed by atoms with E-state index in [9.17, 15) is 4.79 Å². The van der Waals surface area contributed by atoms with Crippen LogP contribution >= 0.6 is 11.8 Å². The van der Waals surface area contributed by atoms with Crippen molar-refractivity contribution in [2.75, 3.05) is 43.1 Å². The maximum atomic E-state index is 12.3. The maximum absolute atomic E-state index is 12.3. The summed E-state index contributed by atoms with van der Waals surface area (Å²) in [5.74, 6) is 1.05. The fourth-order valence-corrected chi connectivity index (χ4v) is 3.10. The molecule has 0 unspecified atom stereocenters. The Bertz CT molecular complexity index is 472. The van der Waals surface area contributed by atoms with Crippen molar-refractivity contribution < 1.29 is 4.79 Å². The minimum Gasteiger partial charge on any atom is -0.368 e. The minimum absolute atomic E-state index is 0.105. The number of amides is 1. The molecule has 116 valence electrons. The maximum Gasteiger partial charge on any atom is 0.239 e. The molecular formula is C16H25N3OS. The number of hydrogen-bond acceptors (Lipinski definition) is 4. The predicted octanol–water partition coefficient (Wildman–Crippen LogP) is 1.72. The third-order valence-electron chi connectivity index (χ3n) is 3.91. The van der Waals surface area contributed by atoms with Crippen molar-refractivity contribution in [3.05, 3.63) is 29.8 Å². The molecule has 2 N–H and O–H groups in total. The minimum atomic E-state index is -0.344. The molecule has 1 amide bonds. The SMILES string of the molecule is CSCC[C@H](N)C(=O)N1CCN(c2cccc(C)c2)CC1. The number of anilines is 1. The van der Waals surface area contributed by atoms with Gasteiger partial charge >= 0.3 is 0 Å². The van der Waals surface area contributed by atoms with Gasteiger partial charge in [-0.2, -0.15) is 11.8 Å². The highest BCUT2D eigenvalue weighted by Crippen LogP contribution is 2.18. The van der Waals surface area contributed by atoms with Crippen LogP contribution in [0.5, 0.6) is 0 Å². The normalized spacial score (nSPS) is 16.9. The second-order valence-electron chi connectivity index (χ2n) is 5.54. The van der Waals surface area contributed by atoms with Gasteiger partial charge in [-0.15, -0.1) is 0 Å². The molecule has 0 spiro atoms. The summed E-state index contributed by atoms with van der Waals surface area (Å²) in [5.41, 5.74) is 8.49. The van der Waals surface area contributed by atoms with Crippen LogP contribution in [0.2, 0.25) is 0 Å². The molecule has 0 bridgehead atoms.